The Morgan fingerprint density at radius 1 is 1.44 bits per heavy atom. The Labute approximate surface area is 108 Å². The van der Waals surface area contributed by atoms with E-state index >= 15 is 0 Å². The lowest BCUT2D eigenvalue weighted by Gasteiger charge is -2.33. The first kappa shape index (κ1) is 13.1. The van der Waals surface area contributed by atoms with Crippen LogP contribution in [0.3, 0.4) is 0 Å². The van der Waals surface area contributed by atoms with Gasteiger partial charge in [-0.2, -0.15) is 0 Å². The van der Waals surface area contributed by atoms with E-state index in [9.17, 15) is 4.79 Å². The van der Waals surface area contributed by atoms with Crippen molar-refractivity contribution in [3.05, 3.63) is 18.7 Å². The molecule has 0 bridgehead atoms. The monoisotopic (exact) mass is 250 g/mol. The molecule has 0 aliphatic heterocycles. The molecule has 5 nitrogen and oxygen atoms in total. The van der Waals surface area contributed by atoms with E-state index < -0.39 is 0 Å². The first-order chi connectivity index (χ1) is 8.66. The molecule has 0 atom stereocenters. The van der Waals surface area contributed by atoms with Gasteiger partial charge in [-0.3, -0.25) is 4.79 Å². The zero-order valence-electron chi connectivity index (χ0n) is 11.0. The van der Waals surface area contributed by atoms with Crippen LogP contribution in [0.1, 0.15) is 32.1 Å². The molecule has 1 fully saturated rings. The second kappa shape index (κ2) is 6.00. The van der Waals surface area contributed by atoms with E-state index in [1.807, 2.05) is 22.7 Å². The van der Waals surface area contributed by atoms with Crippen LogP contribution in [0.4, 0.5) is 0 Å². The maximum atomic E-state index is 12.1. The lowest BCUT2D eigenvalue weighted by atomic mass is 9.91. The van der Waals surface area contributed by atoms with Gasteiger partial charge in [0.25, 0.3) is 0 Å². The van der Waals surface area contributed by atoms with E-state index in [-0.39, 0.29) is 5.91 Å². The van der Waals surface area contributed by atoms with Crippen molar-refractivity contribution in [3.63, 3.8) is 0 Å². The zero-order chi connectivity index (χ0) is 13.0. The van der Waals surface area contributed by atoms with E-state index in [1.54, 1.807) is 12.5 Å². The molecule has 1 aliphatic rings. The fourth-order valence-electron chi connectivity index (χ4n) is 2.51. The van der Waals surface area contributed by atoms with Gasteiger partial charge in [-0.25, -0.2) is 4.98 Å². The molecule has 1 heterocycles. The number of amides is 1. The SMILES string of the molecule is CN(C(=O)CCn1ccnc1)C1CCC(N)CC1. The lowest BCUT2D eigenvalue weighted by Crippen LogP contribution is -2.42. The van der Waals surface area contributed by atoms with E-state index in [0.29, 0.717) is 25.0 Å². The third kappa shape index (κ3) is 3.32. The molecule has 0 radical (unpaired) electrons. The minimum Gasteiger partial charge on any atom is -0.343 e. The Balaban J connectivity index is 1.77. The Morgan fingerprint density at radius 3 is 2.78 bits per heavy atom. The fourth-order valence-corrected chi connectivity index (χ4v) is 2.51. The average Bonchev–Trinajstić information content (AvgIpc) is 2.89. The summed E-state index contributed by atoms with van der Waals surface area (Å²) in [5, 5.41) is 0. The van der Waals surface area contributed by atoms with Crippen LogP contribution in [0.2, 0.25) is 0 Å². The summed E-state index contributed by atoms with van der Waals surface area (Å²) in [4.78, 5) is 18.0. The molecule has 1 aromatic heterocycles. The van der Waals surface area contributed by atoms with Gasteiger partial charge in [-0.15, -0.1) is 0 Å². The molecule has 0 aromatic carbocycles. The number of nitrogens with zero attached hydrogens (tertiary/aromatic N) is 3. The first-order valence-electron chi connectivity index (χ1n) is 6.64. The molecular weight excluding hydrogens is 228 g/mol. The third-order valence-corrected chi connectivity index (χ3v) is 3.83. The van der Waals surface area contributed by atoms with E-state index in [2.05, 4.69) is 4.98 Å². The molecule has 1 saturated carbocycles. The molecule has 0 spiro atoms. The van der Waals surface area contributed by atoms with Crippen LogP contribution in [-0.2, 0) is 11.3 Å². The quantitative estimate of drug-likeness (QED) is 0.867. The van der Waals surface area contributed by atoms with Crippen molar-refractivity contribution in [1.29, 1.82) is 0 Å². The van der Waals surface area contributed by atoms with Crippen molar-refractivity contribution >= 4 is 5.91 Å². The Hall–Kier alpha value is -1.36. The summed E-state index contributed by atoms with van der Waals surface area (Å²) < 4.78 is 1.93. The summed E-state index contributed by atoms with van der Waals surface area (Å²) in [6.07, 6.45) is 10.0. The summed E-state index contributed by atoms with van der Waals surface area (Å²) in [5.74, 6) is 0.212. The van der Waals surface area contributed by atoms with Gasteiger partial charge in [0, 0.05) is 44.5 Å². The van der Waals surface area contributed by atoms with E-state index in [1.165, 1.54) is 0 Å². The number of carbonyl (C=O) groups excluding carboxylic acids is 1. The standard InChI is InChI=1S/C13H22N4O/c1-16(12-4-2-11(14)3-5-12)13(18)6-8-17-9-7-15-10-17/h7,9-12H,2-6,8,14H2,1H3. The highest BCUT2D eigenvalue weighted by molar-refractivity contribution is 5.76. The maximum Gasteiger partial charge on any atom is 0.224 e. The third-order valence-electron chi connectivity index (χ3n) is 3.83. The second-order valence-electron chi connectivity index (χ2n) is 5.12. The number of imidazole rings is 1. The number of hydrogen-bond donors (Lipinski definition) is 1. The number of aromatic nitrogens is 2. The Bertz CT molecular complexity index is 368. The summed E-state index contributed by atoms with van der Waals surface area (Å²) >= 11 is 0. The highest BCUT2D eigenvalue weighted by Gasteiger charge is 2.24. The smallest absolute Gasteiger partial charge is 0.224 e. The van der Waals surface area contributed by atoms with Crippen LogP contribution in [0.25, 0.3) is 0 Å². The van der Waals surface area contributed by atoms with Gasteiger partial charge in [-0.1, -0.05) is 0 Å². The van der Waals surface area contributed by atoms with Crippen molar-refractivity contribution in [2.75, 3.05) is 7.05 Å². The molecule has 1 aliphatic carbocycles. The largest absolute Gasteiger partial charge is 0.343 e. The van der Waals surface area contributed by atoms with Crippen molar-refractivity contribution < 1.29 is 4.79 Å². The Kier molecular flexibility index (Phi) is 4.36. The normalized spacial score (nSPS) is 23.9. The van der Waals surface area contributed by atoms with Crippen molar-refractivity contribution in [2.24, 2.45) is 5.73 Å². The first-order valence-corrected chi connectivity index (χ1v) is 6.64. The van der Waals surface area contributed by atoms with Gasteiger partial charge in [0.05, 0.1) is 6.33 Å². The molecule has 2 N–H and O–H groups in total. The molecule has 18 heavy (non-hydrogen) atoms. The van der Waals surface area contributed by atoms with Gasteiger partial charge in [0.2, 0.25) is 5.91 Å². The second-order valence-corrected chi connectivity index (χ2v) is 5.12. The molecule has 2 rings (SSSR count). The Morgan fingerprint density at radius 2 is 2.17 bits per heavy atom. The number of nitrogens with two attached hydrogens (primary N) is 1. The molecule has 0 unspecified atom stereocenters. The fraction of sp³-hybridized carbons (Fsp3) is 0.692. The summed E-state index contributed by atoms with van der Waals surface area (Å²) in [6.45, 7) is 0.704. The molecule has 0 saturated heterocycles. The van der Waals surface area contributed by atoms with Crippen molar-refractivity contribution in [1.82, 2.24) is 14.5 Å². The molecule has 1 aromatic rings. The number of hydrogen-bond acceptors (Lipinski definition) is 3. The highest BCUT2D eigenvalue weighted by atomic mass is 16.2. The van der Waals surface area contributed by atoms with Gasteiger partial charge >= 0.3 is 0 Å². The zero-order valence-corrected chi connectivity index (χ0v) is 11.0. The van der Waals surface area contributed by atoms with E-state index in [0.717, 1.165) is 25.7 Å². The molecule has 100 valence electrons. The number of carbonyl (C=O) groups is 1. The molecule has 5 heteroatoms. The number of rotatable bonds is 4. The van der Waals surface area contributed by atoms with Gasteiger partial charge in [0.15, 0.2) is 0 Å². The van der Waals surface area contributed by atoms with Gasteiger partial charge in [0.1, 0.15) is 0 Å². The topological polar surface area (TPSA) is 64.2 Å². The lowest BCUT2D eigenvalue weighted by molar-refractivity contribution is -0.132. The summed E-state index contributed by atoms with van der Waals surface area (Å²) in [5.41, 5.74) is 5.88. The predicted octanol–water partition coefficient (Wildman–Crippen LogP) is 1.00. The number of aryl methyl sites for hydroxylation is 1. The van der Waals surface area contributed by atoms with Crippen molar-refractivity contribution in [2.45, 2.75) is 50.7 Å². The highest BCUT2D eigenvalue weighted by Crippen LogP contribution is 2.21. The summed E-state index contributed by atoms with van der Waals surface area (Å²) in [6, 6.07) is 0.704. The van der Waals surface area contributed by atoms with Crippen molar-refractivity contribution in [3.8, 4) is 0 Å². The van der Waals surface area contributed by atoms with Gasteiger partial charge in [-0.05, 0) is 25.7 Å². The van der Waals surface area contributed by atoms with Crippen LogP contribution >= 0.6 is 0 Å². The molecule has 1 amide bonds. The van der Waals surface area contributed by atoms with Crippen LogP contribution < -0.4 is 5.73 Å². The predicted molar refractivity (Wildman–Crippen MR) is 69.8 cm³/mol. The van der Waals surface area contributed by atoms with Crippen LogP contribution in [-0.4, -0.2) is 39.5 Å². The van der Waals surface area contributed by atoms with Crippen LogP contribution in [0.5, 0.6) is 0 Å². The average molecular weight is 250 g/mol. The van der Waals surface area contributed by atoms with Crippen LogP contribution in [0.15, 0.2) is 18.7 Å². The van der Waals surface area contributed by atoms with Crippen LogP contribution in [0, 0.1) is 0 Å². The van der Waals surface area contributed by atoms with Gasteiger partial charge < -0.3 is 15.2 Å². The minimum atomic E-state index is 0.212. The molecular formula is C13H22N4O. The minimum absolute atomic E-state index is 0.212. The van der Waals surface area contributed by atoms with E-state index in [4.69, 9.17) is 5.73 Å². The maximum absolute atomic E-state index is 12.1. The summed E-state index contributed by atoms with van der Waals surface area (Å²) in [7, 11) is 1.91.